The Morgan fingerprint density at radius 2 is 1.91 bits per heavy atom. The van der Waals surface area contributed by atoms with E-state index in [0.29, 0.717) is 25.1 Å². The third-order valence-corrected chi connectivity index (χ3v) is 4.05. The monoisotopic (exact) mass is 298 g/mol. The number of hydrogen-bond donors (Lipinski definition) is 1. The van der Waals surface area contributed by atoms with E-state index in [1.165, 1.54) is 0 Å². The summed E-state index contributed by atoms with van der Waals surface area (Å²) in [5.74, 6) is -1.37. The molecule has 1 atom stereocenters. The highest BCUT2D eigenvalue weighted by Gasteiger charge is 2.28. The van der Waals surface area contributed by atoms with Gasteiger partial charge in [-0.2, -0.15) is 0 Å². The van der Waals surface area contributed by atoms with Crippen LogP contribution < -0.4 is 0 Å². The lowest BCUT2D eigenvalue weighted by Gasteiger charge is -2.30. The number of piperidine rings is 1. The molecule has 1 fully saturated rings. The van der Waals surface area contributed by atoms with Gasteiger partial charge in [-0.05, 0) is 43.2 Å². The molecule has 1 aliphatic heterocycles. The zero-order chi connectivity index (χ0) is 15.5. The van der Waals surface area contributed by atoms with E-state index in [-0.39, 0.29) is 5.91 Å². The van der Waals surface area contributed by atoms with E-state index in [4.69, 9.17) is 5.11 Å². The smallest absolute Gasteiger partial charge is 0.308 e. The first kappa shape index (κ1) is 14.4. The van der Waals surface area contributed by atoms with Crippen molar-refractivity contribution in [2.45, 2.75) is 12.8 Å². The molecule has 0 unspecified atom stereocenters. The Morgan fingerprint density at radius 3 is 2.64 bits per heavy atom. The molecule has 1 N–H and O–H groups in total. The number of rotatable bonds is 3. The SMILES string of the molecule is O=C(O)[C@H]1CCCN(C(=O)c2cccc(-n3cccc3)c2)C1. The van der Waals surface area contributed by atoms with Crippen LogP contribution in [0.2, 0.25) is 0 Å². The van der Waals surface area contributed by atoms with Crippen LogP contribution in [0.15, 0.2) is 48.8 Å². The van der Waals surface area contributed by atoms with Crippen molar-refractivity contribution >= 4 is 11.9 Å². The third kappa shape index (κ3) is 2.88. The number of carbonyl (C=O) groups excluding carboxylic acids is 1. The molecule has 2 aromatic rings. The first-order valence-corrected chi connectivity index (χ1v) is 7.40. The molecule has 3 rings (SSSR count). The maximum atomic E-state index is 12.6. The Morgan fingerprint density at radius 1 is 1.14 bits per heavy atom. The predicted molar refractivity (Wildman–Crippen MR) is 82.0 cm³/mol. The number of nitrogens with zero attached hydrogens (tertiary/aromatic N) is 2. The Balaban J connectivity index is 1.80. The second-order valence-corrected chi connectivity index (χ2v) is 5.57. The Labute approximate surface area is 128 Å². The average Bonchev–Trinajstić information content (AvgIpc) is 3.09. The van der Waals surface area contributed by atoms with Crippen molar-refractivity contribution < 1.29 is 14.7 Å². The maximum absolute atomic E-state index is 12.6. The number of amides is 1. The van der Waals surface area contributed by atoms with Gasteiger partial charge in [-0.3, -0.25) is 9.59 Å². The summed E-state index contributed by atoms with van der Waals surface area (Å²) in [4.78, 5) is 25.4. The van der Waals surface area contributed by atoms with Crippen LogP contribution in [0.25, 0.3) is 5.69 Å². The number of carboxylic acid groups (broad SMARTS) is 1. The Bertz CT molecular complexity index is 679. The zero-order valence-electron chi connectivity index (χ0n) is 12.2. The molecule has 114 valence electrons. The molecule has 1 saturated heterocycles. The predicted octanol–water partition coefficient (Wildman–Crippen LogP) is 2.41. The second kappa shape index (κ2) is 6.05. The molecule has 5 nitrogen and oxygen atoms in total. The Hall–Kier alpha value is -2.56. The first-order valence-electron chi connectivity index (χ1n) is 7.40. The van der Waals surface area contributed by atoms with Crippen molar-refractivity contribution in [1.29, 1.82) is 0 Å². The highest BCUT2D eigenvalue weighted by atomic mass is 16.4. The number of aromatic nitrogens is 1. The van der Waals surface area contributed by atoms with Crippen molar-refractivity contribution in [1.82, 2.24) is 9.47 Å². The quantitative estimate of drug-likeness (QED) is 0.946. The molecule has 0 bridgehead atoms. The van der Waals surface area contributed by atoms with E-state index in [0.717, 1.165) is 12.1 Å². The van der Waals surface area contributed by atoms with Crippen molar-refractivity contribution in [3.05, 3.63) is 54.4 Å². The van der Waals surface area contributed by atoms with Gasteiger partial charge in [0.05, 0.1) is 5.92 Å². The highest BCUT2D eigenvalue weighted by Crippen LogP contribution is 2.20. The van der Waals surface area contributed by atoms with Crippen LogP contribution in [0.3, 0.4) is 0 Å². The first-order chi connectivity index (χ1) is 10.6. The maximum Gasteiger partial charge on any atom is 0.308 e. The summed E-state index contributed by atoms with van der Waals surface area (Å²) >= 11 is 0. The van der Waals surface area contributed by atoms with Gasteiger partial charge >= 0.3 is 5.97 Å². The fraction of sp³-hybridized carbons (Fsp3) is 0.294. The van der Waals surface area contributed by atoms with Crippen molar-refractivity contribution in [2.75, 3.05) is 13.1 Å². The van der Waals surface area contributed by atoms with Gasteiger partial charge in [-0.25, -0.2) is 0 Å². The summed E-state index contributed by atoms with van der Waals surface area (Å²) in [6.45, 7) is 0.915. The standard InChI is InChI=1S/C17H18N2O3/c20-16(19-10-4-6-14(12-19)17(21)22)13-5-3-7-15(11-13)18-8-1-2-9-18/h1-3,5,7-9,11,14H,4,6,10,12H2,(H,21,22)/t14-/m0/s1. The minimum absolute atomic E-state index is 0.0973. The molecule has 1 amide bonds. The van der Waals surface area contributed by atoms with Gasteiger partial charge < -0.3 is 14.6 Å². The van der Waals surface area contributed by atoms with E-state index in [9.17, 15) is 9.59 Å². The molecular weight excluding hydrogens is 280 g/mol. The van der Waals surface area contributed by atoms with E-state index >= 15 is 0 Å². The molecule has 0 radical (unpaired) electrons. The molecule has 0 aliphatic carbocycles. The van der Waals surface area contributed by atoms with Gasteiger partial charge in [0.2, 0.25) is 0 Å². The van der Waals surface area contributed by atoms with E-state index in [2.05, 4.69) is 0 Å². The van der Waals surface area contributed by atoms with E-state index in [1.54, 1.807) is 11.0 Å². The molecule has 1 aromatic carbocycles. The van der Waals surface area contributed by atoms with Gasteiger partial charge in [-0.1, -0.05) is 6.07 Å². The lowest BCUT2D eigenvalue weighted by atomic mass is 9.97. The number of benzene rings is 1. The van der Waals surface area contributed by atoms with Crippen LogP contribution in [0.1, 0.15) is 23.2 Å². The van der Waals surface area contributed by atoms with Gasteiger partial charge in [0, 0.05) is 36.7 Å². The lowest BCUT2D eigenvalue weighted by molar-refractivity contribution is -0.143. The normalized spacial score (nSPS) is 18.2. The second-order valence-electron chi connectivity index (χ2n) is 5.57. The number of carbonyl (C=O) groups is 2. The molecular formula is C17H18N2O3. The van der Waals surface area contributed by atoms with Crippen LogP contribution in [0.5, 0.6) is 0 Å². The number of likely N-dealkylation sites (tertiary alicyclic amines) is 1. The van der Waals surface area contributed by atoms with Gasteiger partial charge in [-0.15, -0.1) is 0 Å². The van der Waals surface area contributed by atoms with Gasteiger partial charge in [0.25, 0.3) is 5.91 Å². The topological polar surface area (TPSA) is 62.5 Å². The minimum Gasteiger partial charge on any atom is -0.481 e. The summed E-state index contributed by atoms with van der Waals surface area (Å²) < 4.78 is 1.94. The molecule has 1 aromatic heterocycles. The largest absolute Gasteiger partial charge is 0.481 e. The van der Waals surface area contributed by atoms with Crippen LogP contribution in [0, 0.1) is 5.92 Å². The van der Waals surface area contributed by atoms with Crippen LogP contribution in [-0.4, -0.2) is 39.5 Å². The van der Waals surface area contributed by atoms with E-state index < -0.39 is 11.9 Å². The highest BCUT2D eigenvalue weighted by molar-refractivity contribution is 5.95. The Kier molecular flexibility index (Phi) is 3.96. The molecule has 2 heterocycles. The number of aliphatic carboxylic acids is 1. The van der Waals surface area contributed by atoms with E-state index in [1.807, 2.05) is 47.3 Å². The van der Waals surface area contributed by atoms with Crippen LogP contribution in [0.4, 0.5) is 0 Å². The summed E-state index contributed by atoms with van der Waals surface area (Å²) in [5.41, 5.74) is 1.51. The fourth-order valence-electron chi connectivity index (χ4n) is 2.85. The molecule has 0 saturated carbocycles. The molecule has 22 heavy (non-hydrogen) atoms. The van der Waals surface area contributed by atoms with Gasteiger partial charge in [0.1, 0.15) is 0 Å². The number of carboxylic acids is 1. The summed E-state index contributed by atoms with van der Waals surface area (Å²) in [6.07, 6.45) is 5.22. The summed E-state index contributed by atoms with van der Waals surface area (Å²) in [5, 5.41) is 9.14. The minimum atomic E-state index is -0.821. The van der Waals surface area contributed by atoms with Gasteiger partial charge in [0.15, 0.2) is 0 Å². The molecule has 0 spiro atoms. The summed E-state index contributed by atoms with van der Waals surface area (Å²) in [7, 11) is 0. The zero-order valence-corrected chi connectivity index (χ0v) is 12.2. The molecule has 5 heteroatoms. The third-order valence-electron chi connectivity index (χ3n) is 4.05. The summed E-state index contributed by atoms with van der Waals surface area (Å²) in [6, 6.07) is 11.3. The van der Waals surface area contributed by atoms with Crippen molar-refractivity contribution in [3.8, 4) is 5.69 Å². The molecule has 1 aliphatic rings. The average molecular weight is 298 g/mol. The lowest BCUT2D eigenvalue weighted by Crippen LogP contribution is -2.42. The van der Waals surface area contributed by atoms with Crippen molar-refractivity contribution in [3.63, 3.8) is 0 Å². The number of hydrogen-bond acceptors (Lipinski definition) is 2. The fourth-order valence-corrected chi connectivity index (χ4v) is 2.85. The van der Waals surface area contributed by atoms with Crippen LogP contribution in [-0.2, 0) is 4.79 Å². The van der Waals surface area contributed by atoms with Crippen LogP contribution >= 0.6 is 0 Å². The van der Waals surface area contributed by atoms with Crippen molar-refractivity contribution in [2.24, 2.45) is 5.92 Å².